The Morgan fingerprint density at radius 2 is 1.94 bits per heavy atom. The minimum atomic E-state index is -0.637. The molecule has 2 amide bonds. The van der Waals surface area contributed by atoms with E-state index in [1.807, 2.05) is 0 Å². The molecule has 2 aromatic heterocycles. The molecule has 8 nitrogen and oxygen atoms in total. The molecule has 1 N–H and O–H groups in total. The number of carbonyl (C=O) groups is 2. The topological polar surface area (TPSA) is 93.5 Å². The highest BCUT2D eigenvalue weighted by Gasteiger charge is 2.30. The van der Waals surface area contributed by atoms with Gasteiger partial charge in [-0.1, -0.05) is 29.3 Å². The van der Waals surface area contributed by atoms with E-state index in [0.717, 1.165) is 0 Å². The summed E-state index contributed by atoms with van der Waals surface area (Å²) in [6.45, 7) is 0.868. The molecule has 1 saturated heterocycles. The molecule has 0 spiro atoms. The van der Waals surface area contributed by atoms with E-state index >= 15 is 0 Å². The number of ether oxygens (including phenoxy) is 1. The van der Waals surface area contributed by atoms with Gasteiger partial charge in [0.15, 0.2) is 0 Å². The van der Waals surface area contributed by atoms with Gasteiger partial charge in [-0.25, -0.2) is 9.78 Å². The standard InChI is InChI=1S/C21H18Cl2N4O4/c1-31-21(30)26-9-7-12(10-26)27-11-14(18(28)13-4-3-8-24-19(13)27)20(29)25-17-15(22)5-2-6-16(17)23/h2-6,8,11-12H,7,9-10H2,1H3,(H,25,29)/t12-/m0/s1. The lowest BCUT2D eigenvalue weighted by Gasteiger charge is -2.19. The Morgan fingerprint density at radius 3 is 2.65 bits per heavy atom. The van der Waals surface area contributed by atoms with Gasteiger partial charge in [0.25, 0.3) is 5.91 Å². The maximum atomic E-state index is 13.1. The van der Waals surface area contributed by atoms with Crippen molar-refractivity contribution in [3.05, 3.63) is 68.6 Å². The van der Waals surface area contributed by atoms with Crippen molar-refractivity contribution in [2.75, 3.05) is 25.5 Å². The number of halogens is 2. The average Bonchev–Trinajstić information content (AvgIpc) is 3.26. The number of para-hydroxylation sites is 1. The monoisotopic (exact) mass is 460 g/mol. The van der Waals surface area contributed by atoms with Crippen molar-refractivity contribution in [1.29, 1.82) is 0 Å². The second-order valence-electron chi connectivity index (χ2n) is 7.06. The third-order valence-corrected chi connectivity index (χ3v) is 5.85. The fraction of sp³-hybridized carbons (Fsp3) is 0.238. The average molecular weight is 461 g/mol. The Balaban J connectivity index is 1.77. The van der Waals surface area contributed by atoms with Crippen molar-refractivity contribution in [2.24, 2.45) is 0 Å². The van der Waals surface area contributed by atoms with Crippen molar-refractivity contribution in [1.82, 2.24) is 14.5 Å². The maximum absolute atomic E-state index is 13.1. The summed E-state index contributed by atoms with van der Waals surface area (Å²) < 4.78 is 6.57. The van der Waals surface area contributed by atoms with Crippen LogP contribution in [0.2, 0.25) is 10.0 Å². The van der Waals surface area contributed by atoms with Crippen LogP contribution in [0.25, 0.3) is 11.0 Å². The van der Waals surface area contributed by atoms with Crippen LogP contribution in [0.5, 0.6) is 0 Å². The Labute approximate surface area is 187 Å². The molecule has 1 aromatic carbocycles. The van der Waals surface area contributed by atoms with Gasteiger partial charge in [0.1, 0.15) is 11.2 Å². The minimum absolute atomic E-state index is 0.0759. The van der Waals surface area contributed by atoms with E-state index in [9.17, 15) is 14.4 Å². The number of hydrogen-bond acceptors (Lipinski definition) is 5. The summed E-state index contributed by atoms with van der Waals surface area (Å²) in [5.41, 5.74) is 0.137. The van der Waals surface area contributed by atoms with Crippen LogP contribution in [0.4, 0.5) is 10.5 Å². The van der Waals surface area contributed by atoms with E-state index in [1.165, 1.54) is 13.3 Å². The number of nitrogens with zero attached hydrogens (tertiary/aromatic N) is 3. The molecule has 1 atom stereocenters. The first-order valence-electron chi connectivity index (χ1n) is 9.49. The van der Waals surface area contributed by atoms with Crippen molar-refractivity contribution in [3.8, 4) is 0 Å². The fourth-order valence-electron chi connectivity index (χ4n) is 3.69. The number of rotatable bonds is 3. The predicted octanol–water partition coefficient (Wildman–Crippen LogP) is 3.97. The van der Waals surface area contributed by atoms with E-state index in [1.54, 1.807) is 46.0 Å². The number of aromatic nitrogens is 2. The molecule has 1 fully saturated rings. The molecule has 3 aromatic rings. The van der Waals surface area contributed by atoms with Gasteiger partial charge in [0.2, 0.25) is 5.43 Å². The molecule has 0 radical (unpaired) electrons. The van der Waals surface area contributed by atoms with E-state index < -0.39 is 17.4 Å². The Kier molecular flexibility index (Phi) is 5.84. The summed E-state index contributed by atoms with van der Waals surface area (Å²) in [4.78, 5) is 43.9. The Bertz CT molecular complexity index is 1220. The molecule has 0 bridgehead atoms. The summed E-state index contributed by atoms with van der Waals surface area (Å²) in [5.74, 6) is -0.637. The number of likely N-dealkylation sites (tertiary alicyclic amines) is 1. The van der Waals surface area contributed by atoms with Gasteiger partial charge in [0.05, 0.1) is 34.3 Å². The zero-order valence-corrected chi connectivity index (χ0v) is 18.0. The highest BCUT2D eigenvalue weighted by Crippen LogP contribution is 2.30. The fourth-order valence-corrected chi connectivity index (χ4v) is 4.18. The molecule has 0 saturated carbocycles. The zero-order chi connectivity index (χ0) is 22.1. The van der Waals surface area contributed by atoms with E-state index in [-0.39, 0.29) is 27.3 Å². The number of anilines is 1. The van der Waals surface area contributed by atoms with E-state index in [0.29, 0.717) is 30.5 Å². The van der Waals surface area contributed by atoms with Crippen LogP contribution >= 0.6 is 23.2 Å². The van der Waals surface area contributed by atoms with Crippen LogP contribution in [-0.2, 0) is 4.74 Å². The normalized spacial score (nSPS) is 15.8. The number of hydrogen-bond donors (Lipinski definition) is 1. The lowest BCUT2D eigenvalue weighted by Crippen LogP contribution is -2.30. The van der Waals surface area contributed by atoms with Gasteiger partial charge in [-0.15, -0.1) is 0 Å². The smallest absolute Gasteiger partial charge is 0.409 e. The van der Waals surface area contributed by atoms with E-state index in [4.69, 9.17) is 27.9 Å². The van der Waals surface area contributed by atoms with Crippen molar-refractivity contribution >= 4 is 51.9 Å². The van der Waals surface area contributed by atoms with Crippen LogP contribution in [-0.4, -0.2) is 46.7 Å². The first kappa shape index (κ1) is 21.1. The molecule has 1 aliphatic heterocycles. The van der Waals surface area contributed by atoms with Crippen LogP contribution in [0, 0.1) is 0 Å². The predicted molar refractivity (Wildman–Crippen MR) is 118 cm³/mol. The van der Waals surface area contributed by atoms with Gasteiger partial charge in [-0.2, -0.15) is 0 Å². The summed E-state index contributed by atoms with van der Waals surface area (Å²) >= 11 is 12.3. The number of nitrogens with one attached hydrogen (secondary N) is 1. The third-order valence-electron chi connectivity index (χ3n) is 5.22. The number of pyridine rings is 2. The second-order valence-corrected chi connectivity index (χ2v) is 7.88. The van der Waals surface area contributed by atoms with Crippen molar-refractivity contribution in [2.45, 2.75) is 12.5 Å². The van der Waals surface area contributed by atoms with E-state index in [2.05, 4.69) is 10.3 Å². The number of methoxy groups -OCH3 is 1. The van der Waals surface area contributed by atoms with Crippen LogP contribution < -0.4 is 10.7 Å². The van der Waals surface area contributed by atoms with Crippen LogP contribution in [0.1, 0.15) is 22.8 Å². The molecule has 0 unspecified atom stereocenters. The van der Waals surface area contributed by atoms with Crippen LogP contribution in [0.3, 0.4) is 0 Å². The summed E-state index contributed by atoms with van der Waals surface area (Å²) in [6.07, 6.45) is 3.26. The Morgan fingerprint density at radius 1 is 1.19 bits per heavy atom. The Hall–Kier alpha value is -3.10. The van der Waals surface area contributed by atoms with Gasteiger partial charge in [-0.05, 0) is 30.7 Å². The zero-order valence-electron chi connectivity index (χ0n) is 16.5. The molecule has 3 heterocycles. The minimum Gasteiger partial charge on any atom is -0.453 e. The quantitative estimate of drug-likeness (QED) is 0.637. The number of carbonyl (C=O) groups excluding carboxylic acids is 2. The van der Waals surface area contributed by atoms with Crippen molar-refractivity contribution in [3.63, 3.8) is 0 Å². The lowest BCUT2D eigenvalue weighted by atomic mass is 10.1. The first-order valence-corrected chi connectivity index (χ1v) is 10.2. The molecular weight excluding hydrogens is 443 g/mol. The molecule has 0 aliphatic carbocycles. The summed E-state index contributed by atoms with van der Waals surface area (Å²) in [6, 6.07) is 7.91. The third kappa shape index (κ3) is 3.96. The van der Waals surface area contributed by atoms with Gasteiger partial charge in [-0.3, -0.25) is 9.59 Å². The molecular formula is C21H18Cl2N4O4. The van der Waals surface area contributed by atoms with Gasteiger partial charge in [0, 0.05) is 25.5 Å². The molecule has 1 aliphatic rings. The highest BCUT2D eigenvalue weighted by molar-refractivity contribution is 6.40. The molecule has 10 heteroatoms. The molecule has 31 heavy (non-hydrogen) atoms. The molecule has 160 valence electrons. The SMILES string of the molecule is COC(=O)N1CC[C@H](n2cc(C(=O)Nc3c(Cl)cccc3Cl)c(=O)c3cccnc32)C1. The highest BCUT2D eigenvalue weighted by atomic mass is 35.5. The van der Waals surface area contributed by atoms with Gasteiger partial charge < -0.3 is 19.5 Å². The summed E-state index contributed by atoms with van der Waals surface area (Å²) in [7, 11) is 1.33. The lowest BCUT2D eigenvalue weighted by molar-refractivity contribution is 0.102. The number of fused-ring (bicyclic) bond motifs is 1. The van der Waals surface area contributed by atoms with Crippen LogP contribution in [0.15, 0.2) is 47.5 Å². The largest absolute Gasteiger partial charge is 0.453 e. The number of amides is 2. The second kappa shape index (κ2) is 8.56. The summed E-state index contributed by atoms with van der Waals surface area (Å²) in [5, 5.41) is 3.45. The van der Waals surface area contributed by atoms with Crippen molar-refractivity contribution < 1.29 is 14.3 Å². The number of benzene rings is 1. The first-order chi connectivity index (χ1) is 14.9. The molecule has 4 rings (SSSR count). The maximum Gasteiger partial charge on any atom is 0.409 e. The van der Waals surface area contributed by atoms with Gasteiger partial charge >= 0.3 is 6.09 Å².